The Balaban J connectivity index is 2.82. The van der Waals surface area contributed by atoms with E-state index in [2.05, 4.69) is 40.0 Å². The maximum atomic E-state index is 5.70. The Morgan fingerprint density at radius 3 is 2.67 bits per heavy atom. The molecule has 1 rings (SSSR count). The summed E-state index contributed by atoms with van der Waals surface area (Å²) in [5.74, 6) is 0.590. The third-order valence-corrected chi connectivity index (χ3v) is 2.49. The summed E-state index contributed by atoms with van der Waals surface area (Å²) >= 11 is 9.00. The second-order valence-corrected chi connectivity index (χ2v) is 4.28. The molecule has 0 atom stereocenters. The number of hydrogen-bond donors (Lipinski definition) is 0. The molecule has 0 unspecified atom stereocenters. The van der Waals surface area contributed by atoms with Crippen molar-refractivity contribution >= 4 is 27.5 Å². The van der Waals surface area contributed by atoms with Crippen LogP contribution in [-0.2, 0) is 6.42 Å². The molecule has 66 valence electrons. The van der Waals surface area contributed by atoms with Gasteiger partial charge in [-0.05, 0) is 34.3 Å². The van der Waals surface area contributed by atoms with E-state index in [-0.39, 0.29) is 0 Å². The summed E-state index contributed by atoms with van der Waals surface area (Å²) in [5.41, 5.74) is 0.973. The molecular weight excluding hydrogens is 239 g/mol. The predicted molar refractivity (Wildman–Crippen MR) is 53.3 cm³/mol. The fourth-order valence-corrected chi connectivity index (χ4v) is 1.34. The molecule has 1 heterocycles. The molecule has 0 bridgehead atoms. The van der Waals surface area contributed by atoms with Gasteiger partial charge in [-0.2, -0.15) is 5.10 Å². The van der Waals surface area contributed by atoms with Crippen molar-refractivity contribution in [3.8, 4) is 0 Å². The maximum absolute atomic E-state index is 5.70. The van der Waals surface area contributed by atoms with Gasteiger partial charge in [-0.3, -0.25) is 0 Å². The molecule has 0 aliphatic carbocycles. The highest BCUT2D eigenvalue weighted by atomic mass is 79.9. The first-order valence-electron chi connectivity index (χ1n) is 3.77. The van der Waals surface area contributed by atoms with Crippen molar-refractivity contribution in [3.63, 3.8) is 0 Å². The minimum atomic E-state index is 0.419. The molecule has 0 aromatic carbocycles. The lowest BCUT2D eigenvalue weighted by Gasteiger charge is -2.03. The smallest absolute Gasteiger partial charge is 0.154 e. The van der Waals surface area contributed by atoms with Crippen LogP contribution in [-0.4, -0.2) is 10.2 Å². The first-order chi connectivity index (χ1) is 5.59. The van der Waals surface area contributed by atoms with Crippen LogP contribution in [0.5, 0.6) is 0 Å². The fraction of sp³-hybridized carbons (Fsp3) is 0.500. The van der Waals surface area contributed by atoms with Crippen molar-refractivity contribution in [2.45, 2.75) is 20.3 Å². The average molecular weight is 250 g/mol. The third-order valence-electron chi connectivity index (χ3n) is 1.37. The molecule has 0 amide bonds. The Morgan fingerprint density at radius 2 is 2.17 bits per heavy atom. The summed E-state index contributed by atoms with van der Waals surface area (Å²) < 4.78 is 0.815. The normalized spacial score (nSPS) is 10.8. The van der Waals surface area contributed by atoms with Crippen molar-refractivity contribution in [1.82, 2.24) is 10.2 Å². The van der Waals surface area contributed by atoms with Gasteiger partial charge in [-0.1, -0.05) is 25.4 Å². The summed E-state index contributed by atoms with van der Waals surface area (Å²) in [4.78, 5) is 0. The minimum Gasteiger partial charge on any atom is -0.154 e. The van der Waals surface area contributed by atoms with E-state index >= 15 is 0 Å². The SMILES string of the molecule is CC(C)Cc1cc(Br)c(Cl)nn1. The van der Waals surface area contributed by atoms with E-state index in [0.717, 1.165) is 16.6 Å². The van der Waals surface area contributed by atoms with E-state index in [1.807, 2.05) is 6.07 Å². The summed E-state index contributed by atoms with van der Waals surface area (Å²) in [6.07, 6.45) is 0.933. The Kier molecular flexibility index (Phi) is 3.47. The van der Waals surface area contributed by atoms with Gasteiger partial charge >= 0.3 is 0 Å². The Bertz CT molecular complexity index is 276. The quantitative estimate of drug-likeness (QED) is 0.805. The zero-order valence-electron chi connectivity index (χ0n) is 7.01. The minimum absolute atomic E-state index is 0.419. The van der Waals surface area contributed by atoms with Gasteiger partial charge in [-0.25, -0.2) is 0 Å². The van der Waals surface area contributed by atoms with Crippen LogP contribution in [0, 0.1) is 5.92 Å². The van der Waals surface area contributed by atoms with Gasteiger partial charge in [0.1, 0.15) is 0 Å². The second kappa shape index (κ2) is 4.19. The molecule has 0 saturated carbocycles. The van der Waals surface area contributed by atoms with E-state index in [9.17, 15) is 0 Å². The molecule has 0 aliphatic rings. The standard InChI is InChI=1S/C8H10BrClN2/c1-5(2)3-6-4-7(9)8(10)12-11-6/h4-5H,3H2,1-2H3. The van der Waals surface area contributed by atoms with E-state index in [0.29, 0.717) is 11.1 Å². The molecule has 0 saturated heterocycles. The molecule has 0 radical (unpaired) electrons. The monoisotopic (exact) mass is 248 g/mol. The summed E-state index contributed by atoms with van der Waals surface area (Å²) in [5, 5.41) is 8.19. The zero-order valence-corrected chi connectivity index (χ0v) is 9.35. The molecule has 0 aliphatic heterocycles. The lowest BCUT2D eigenvalue weighted by Crippen LogP contribution is -1.99. The van der Waals surface area contributed by atoms with Crippen LogP contribution < -0.4 is 0 Å². The Morgan fingerprint density at radius 1 is 1.50 bits per heavy atom. The van der Waals surface area contributed by atoms with E-state index < -0.39 is 0 Å². The van der Waals surface area contributed by atoms with Crippen LogP contribution in [0.4, 0.5) is 0 Å². The zero-order chi connectivity index (χ0) is 9.14. The highest BCUT2D eigenvalue weighted by Gasteiger charge is 2.03. The lowest BCUT2D eigenvalue weighted by molar-refractivity contribution is 0.627. The first kappa shape index (κ1) is 9.93. The number of nitrogens with zero attached hydrogens (tertiary/aromatic N) is 2. The largest absolute Gasteiger partial charge is 0.165 e. The van der Waals surface area contributed by atoms with Crippen LogP contribution in [0.1, 0.15) is 19.5 Å². The molecule has 0 fully saturated rings. The van der Waals surface area contributed by atoms with Gasteiger partial charge in [0.15, 0.2) is 5.15 Å². The summed E-state index contributed by atoms with van der Waals surface area (Å²) in [7, 11) is 0. The molecule has 4 heteroatoms. The molecule has 1 aromatic heterocycles. The molecule has 12 heavy (non-hydrogen) atoms. The summed E-state index contributed by atoms with van der Waals surface area (Å²) in [6.45, 7) is 4.29. The number of hydrogen-bond acceptors (Lipinski definition) is 2. The van der Waals surface area contributed by atoms with E-state index in [4.69, 9.17) is 11.6 Å². The average Bonchev–Trinajstić information content (AvgIpc) is 1.96. The highest BCUT2D eigenvalue weighted by molar-refractivity contribution is 9.10. The fourth-order valence-electron chi connectivity index (χ4n) is 0.909. The summed E-state index contributed by atoms with van der Waals surface area (Å²) in [6, 6.07) is 1.91. The van der Waals surface area contributed by atoms with Crippen molar-refractivity contribution in [1.29, 1.82) is 0 Å². The third kappa shape index (κ3) is 2.72. The van der Waals surface area contributed by atoms with Gasteiger partial charge in [0.2, 0.25) is 0 Å². The predicted octanol–water partition coefficient (Wildman–Crippen LogP) is 3.09. The number of halogens is 2. The van der Waals surface area contributed by atoms with Crippen LogP contribution in [0.25, 0.3) is 0 Å². The molecular formula is C8H10BrClN2. The second-order valence-electron chi connectivity index (χ2n) is 3.07. The number of aromatic nitrogens is 2. The van der Waals surface area contributed by atoms with Crippen LogP contribution in [0.3, 0.4) is 0 Å². The van der Waals surface area contributed by atoms with Crippen molar-refractivity contribution < 1.29 is 0 Å². The topological polar surface area (TPSA) is 25.8 Å². The molecule has 2 nitrogen and oxygen atoms in total. The van der Waals surface area contributed by atoms with Crippen molar-refractivity contribution in [2.24, 2.45) is 5.92 Å². The van der Waals surface area contributed by atoms with Crippen molar-refractivity contribution in [2.75, 3.05) is 0 Å². The van der Waals surface area contributed by atoms with E-state index in [1.54, 1.807) is 0 Å². The maximum Gasteiger partial charge on any atom is 0.165 e. The van der Waals surface area contributed by atoms with Crippen LogP contribution in [0.2, 0.25) is 5.15 Å². The van der Waals surface area contributed by atoms with Crippen molar-refractivity contribution in [3.05, 3.63) is 21.4 Å². The van der Waals surface area contributed by atoms with Crippen LogP contribution >= 0.6 is 27.5 Å². The van der Waals surface area contributed by atoms with Crippen LogP contribution in [0.15, 0.2) is 10.5 Å². The van der Waals surface area contributed by atoms with Gasteiger partial charge in [0, 0.05) is 0 Å². The highest BCUT2D eigenvalue weighted by Crippen LogP contribution is 2.19. The van der Waals surface area contributed by atoms with Gasteiger partial charge in [0.05, 0.1) is 10.2 Å². The van der Waals surface area contributed by atoms with Gasteiger partial charge in [0.25, 0.3) is 0 Å². The molecule has 1 aromatic rings. The molecule has 0 spiro atoms. The Hall–Kier alpha value is -0.150. The van der Waals surface area contributed by atoms with Gasteiger partial charge < -0.3 is 0 Å². The van der Waals surface area contributed by atoms with E-state index in [1.165, 1.54) is 0 Å². The first-order valence-corrected chi connectivity index (χ1v) is 4.94. The molecule has 0 N–H and O–H groups in total. The lowest BCUT2D eigenvalue weighted by atomic mass is 10.1. The number of rotatable bonds is 2. The van der Waals surface area contributed by atoms with Gasteiger partial charge in [-0.15, -0.1) is 5.10 Å². The Labute approximate surface area is 85.5 Å².